The molecule has 142 valence electrons. The molecule has 0 saturated heterocycles. The number of nitrogens with zero attached hydrogens (tertiary/aromatic N) is 3. The Morgan fingerprint density at radius 3 is 2.67 bits per heavy atom. The van der Waals surface area contributed by atoms with Crippen LogP contribution in [0.15, 0.2) is 30.3 Å². The van der Waals surface area contributed by atoms with Crippen LogP contribution in [0.5, 0.6) is 5.75 Å². The van der Waals surface area contributed by atoms with Crippen LogP contribution in [-0.2, 0) is 24.4 Å². The molecule has 0 radical (unpaired) electrons. The molecule has 0 bridgehead atoms. The summed E-state index contributed by atoms with van der Waals surface area (Å²) in [5.41, 5.74) is 2.42. The van der Waals surface area contributed by atoms with Crippen LogP contribution in [0.25, 0.3) is 0 Å². The number of methoxy groups -OCH3 is 1. The summed E-state index contributed by atoms with van der Waals surface area (Å²) >= 11 is 0. The third-order valence-corrected chi connectivity index (χ3v) is 5.40. The van der Waals surface area contributed by atoms with Gasteiger partial charge in [0.15, 0.2) is 0 Å². The Bertz CT molecular complexity index is 839. The summed E-state index contributed by atoms with van der Waals surface area (Å²) in [6, 6.07) is 8.97. The number of fused-ring (bicyclic) bond motifs is 1. The number of nitrogens with one attached hydrogen (secondary N) is 1. The van der Waals surface area contributed by atoms with Gasteiger partial charge in [-0.2, -0.15) is 5.10 Å². The van der Waals surface area contributed by atoms with E-state index in [2.05, 4.69) is 10.4 Å². The van der Waals surface area contributed by atoms with Crippen molar-refractivity contribution >= 4 is 11.8 Å². The molecule has 27 heavy (non-hydrogen) atoms. The first-order valence-corrected chi connectivity index (χ1v) is 9.40. The van der Waals surface area contributed by atoms with E-state index in [0.29, 0.717) is 37.5 Å². The van der Waals surface area contributed by atoms with E-state index in [-0.39, 0.29) is 17.7 Å². The second-order valence-corrected chi connectivity index (χ2v) is 7.15. The maximum Gasteiger partial charge on any atom is 0.251 e. The van der Waals surface area contributed by atoms with Crippen molar-refractivity contribution in [1.82, 2.24) is 20.0 Å². The van der Waals surface area contributed by atoms with Crippen molar-refractivity contribution < 1.29 is 14.3 Å². The van der Waals surface area contributed by atoms with Crippen LogP contribution in [-0.4, -0.2) is 40.1 Å². The Hall–Kier alpha value is -2.83. The largest absolute Gasteiger partial charge is 0.497 e. The van der Waals surface area contributed by atoms with Gasteiger partial charge < -0.3 is 15.0 Å². The quantitative estimate of drug-likeness (QED) is 0.875. The number of carbonyl (C=O) groups excluding carboxylic acids is 2. The smallest absolute Gasteiger partial charge is 0.251 e. The molecule has 2 heterocycles. The first-order valence-electron chi connectivity index (χ1n) is 9.40. The lowest BCUT2D eigenvalue weighted by molar-refractivity contribution is -0.139. The van der Waals surface area contributed by atoms with Crippen molar-refractivity contribution in [1.29, 1.82) is 0 Å². The SMILES string of the molecule is COc1ccc(C(=O)NCc2cc3n(n2)CCN(C(=O)C2CCC2)C3)cc1. The maximum absolute atomic E-state index is 12.4. The van der Waals surface area contributed by atoms with Crippen LogP contribution >= 0.6 is 0 Å². The highest BCUT2D eigenvalue weighted by Gasteiger charge is 2.31. The predicted molar refractivity (Wildman–Crippen MR) is 99.1 cm³/mol. The minimum Gasteiger partial charge on any atom is -0.497 e. The molecule has 1 N–H and O–H groups in total. The van der Waals surface area contributed by atoms with Gasteiger partial charge in [-0.15, -0.1) is 0 Å². The average Bonchev–Trinajstić information content (AvgIpc) is 3.06. The van der Waals surface area contributed by atoms with Crippen molar-refractivity contribution in [2.24, 2.45) is 5.92 Å². The minimum absolute atomic E-state index is 0.148. The molecule has 0 unspecified atom stereocenters. The Morgan fingerprint density at radius 1 is 1.22 bits per heavy atom. The van der Waals surface area contributed by atoms with E-state index in [1.807, 2.05) is 15.6 Å². The summed E-state index contributed by atoms with van der Waals surface area (Å²) < 4.78 is 7.05. The van der Waals surface area contributed by atoms with E-state index in [0.717, 1.165) is 24.2 Å². The summed E-state index contributed by atoms with van der Waals surface area (Å²) in [5.74, 6) is 1.07. The molecule has 1 aromatic carbocycles. The lowest BCUT2D eigenvalue weighted by atomic mass is 9.84. The van der Waals surface area contributed by atoms with Crippen LogP contribution in [0.4, 0.5) is 0 Å². The standard InChI is InChI=1S/C20H24N4O3/c1-27-18-7-5-14(6-8-18)19(25)21-12-16-11-17-13-23(9-10-24(17)22-16)20(26)15-3-2-4-15/h5-8,11,15H,2-4,9-10,12-13H2,1H3,(H,21,25). The lowest BCUT2D eigenvalue weighted by Crippen LogP contribution is -2.43. The number of hydrogen-bond donors (Lipinski definition) is 1. The van der Waals surface area contributed by atoms with Gasteiger partial charge >= 0.3 is 0 Å². The predicted octanol–water partition coefficient (Wildman–Crippen LogP) is 1.96. The van der Waals surface area contributed by atoms with Gasteiger partial charge in [0, 0.05) is 18.0 Å². The molecule has 2 amide bonds. The van der Waals surface area contributed by atoms with Gasteiger partial charge in [-0.25, -0.2) is 0 Å². The molecule has 1 saturated carbocycles. The Morgan fingerprint density at radius 2 is 2.00 bits per heavy atom. The monoisotopic (exact) mass is 368 g/mol. The van der Waals surface area contributed by atoms with Crippen molar-refractivity contribution in [2.75, 3.05) is 13.7 Å². The van der Waals surface area contributed by atoms with Gasteiger partial charge in [0.1, 0.15) is 5.75 Å². The highest BCUT2D eigenvalue weighted by atomic mass is 16.5. The zero-order chi connectivity index (χ0) is 18.8. The van der Waals surface area contributed by atoms with E-state index >= 15 is 0 Å². The number of hydrogen-bond acceptors (Lipinski definition) is 4. The van der Waals surface area contributed by atoms with Crippen LogP contribution in [0.3, 0.4) is 0 Å². The summed E-state index contributed by atoms with van der Waals surface area (Å²) in [5, 5.41) is 7.46. The van der Waals surface area contributed by atoms with Crippen molar-refractivity contribution in [2.45, 2.75) is 38.9 Å². The van der Waals surface area contributed by atoms with Crippen LogP contribution in [0, 0.1) is 5.92 Å². The fraction of sp³-hybridized carbons (Fsp3) is 0.450. The molecule has 2 aromatic rings. The third kappa shape index (κ3) is 3.67. The number of carbonyl (C=O) groups is 2. The number of amides is 2. The fourth-order valence-electron chi connectivity index (χ4n) is 3.53. The van der Waals surface area contributed by atoms with Crippen LogP contribution in [0.1, 0.15) is 41.0 Å². The zero-order valence-corrected chi connectivity index (χ0v) is 15.5. The normalized spacial score (nSPS) is 16.4. The lowest BCUT2D eigenvalue weighted by Gasteiger charge is -2.34. The number of ether oxygens (including phenoxy) is 1. The zero-order valence-electron chi connectivity index (χ0n) is 15.5. The van der Waals surface area contributed by atoms with Crippen molar-refractivity contribution in [3.05, 3.63) is 47.3 Å². The topological polar surface area (TPSA) is 76.5 Å². The van der Waals surface area contributed by atoms with Gasteiger partial charge in [-0.3, -0.25) is 14.3 Å². The summed E-state index contributed by atoms with van der Waals surface area (Å²) in [4.78, 5) is 26.7. The van der Waals surface area contributed by atoms with Gasteiger partial charge in [0.25, 0.3) is 5.91 Å². The summed E-state index contributed by atoms with van der Waals surface area (Å²) in [7, 11) is 1.59. The van der Waals surface area contributed by atoms with Gasteiger partial charge in [-0.1, -0.05) is 6.42 Å². The van der Waals surface area contributed by atoms with Crippen LogP contribution < -0.4 is 10.1 Å². The first-order chi connectivity index (χ1) is 13.1. The van der Waals surface area contributed by atoms with Crippen LogP contribution in [0.2, 0.25) is 0 Å². The number of benzene rings is 1. The maximum atomic E-state index is 12.4. The highest BCUT2D eigenvalue weighted by Crippen LogP contribution is 2.29. The molecule has 2 aliphatic rings. The molecule has 0 atom stereocenters. The minimum atomic E-state index is -0.148. The number of rotatable bonds is 5. The van der Waals surface area contributed by atoms with Gasteiger partial charge in [0.05, 0.1) is 38.1 Å². The summed E-state index contributed by atoms with van der Waals surface area (Å²) in [6.07, 6.45) is 3.22. The third-order valence-electron chi connectivity index (χ3n) is 5.40. The Labute approximate surface area is 158 Å². The summed E-state index contributed by atoms with van der Waals surface area (Å²) in [6.45, 7) is 2.39. The molecule has 7 nitrogen and oxygen atoms in total. The second kappa shape index (κ2) is 7.42. The molecule has 1 aliphatic carbocycles. The van der Waals surface area contributed by atoms with E-state index in [1.165, 1.54) is 6.42 Å². The molecule has 4 rings (SSSR count). The average molecular weight is 368 g/mol. The molecule has 1 aliphatic heterocycles. The fourth-order valence-corrected chi connectivity index (χ4v) is 3.53. The molecule has 0 spiro atoms. The number of aromatic nitrogens is 2. The van der Waals surface area contributed by atoms with Crippen molar-refractivity contribution in [3.8, 4) is 5.75 Å². The second-order valence-electron chi connectivity index (χ2n) is 7.15. The molecule has 1 aromatic heterocycles. The van der Waals surface area contributed by atoms with Gasteiger partial charge in [0.2, 0.25) is 5.91 Å². The van der Waals surface area contributed by atoms with E-state index in [9.17, 15) is 9.59 Å². The molecule has 1 fully saturated rings. The van der Waals surface area contributed by atoms with Gasteiger partial charge in [-0.05, 0) is 43.2 Å². The first kappa shape index (κ1) is 17.6. The van der Waals surface area contributed by atoms with E-state index in [1.54, 1.807) is 31.4 Å². The highest BCUT2D eigenvalue weighted by molar-refractivity contribution is 5.94. The molecule has 7 heteroatoms. The molecular weight excluding hydrogens is 344 g/mol. The Kier molecular flexibility index (Phi) is 4.83. The van der Waals surface area contributed by atoms with Crippen molar-refractivity contribution in [3.63, 3.8) is 0 Å². The van der Waals surface area contributed by atoms with E-state index in [4.69, 9.17) is 4.74 Å². The molecular formula is C20H24N4O3. The van der Waals surface area contributed by atoms with E-state index < -0.39 is 0 Å². The Balaban J connectivity index is 1.35.